The highest BCUT2D eigenvalue weighted by Gasteiger charge is 2.33. The average molecular weight is 362 g/mol. The fourth-order valence-corrected chi connectivity index (χ4v) is 3.43. The Bertz CT molecular complexity index is 537. The Morgan fingerprint density at radius 1 is 1.33 bits per heavy atom. The molecule has 2 unspecified atom stereocenters. The van der Waals surface area contributed by atoms with E-state index in [0.717, 1.165) is 12.8 Å². The van der Waals surface area contributed by atoms with Crippen molar-refractivity contribution in [3.05, 3.63) is 39.9 Å². The van der Waals surface area contributed by atoms with Crippen LogP contribution in [0.1, 0.15) is 32.3 Å². The molecule has 0 aromatic heterocycles. The standard InChI is InChI=1S/C16H19BrF3N/c1-10-5-11(2)7-12(6-10)9-21-13-3-4-15(17)14(8-13)16(18,19)20/h3-5,8,10,12,21H,6-7,9H2,1-2H3. The summed E-state index contributed by atoms with van der Waals surface area (Å²) in [5, 5.41) is 3.15. The summed E-state index contributed by atoms with van der Waals surface area (Å²) in [4.78, 5) is 0. The summed E-state index contributed by atoms with van der Waals surface area (Å²) in [6, 6.07) is 4.28. The Morgan fingerprint density at radius 3 is 2.67 bits per heavy atom. The molecule has 1 aliphatic rings. The van der Waals surface area contributed by atoms with Gasteiger partial charge in [-0.25, -0.2) is 0 Å². The minimum absolute atomic E-state index is 0.0746. The summed E-state index contributed by atoms with van der Waals surface area (Å²) in [6.45, 7) is 5.00. The highest BCUT2D eigenvalue weighted by Crippen LogP contribution is 2.36. The van der Waals surface area contributed by atoms with E-state index in [2.05, 4.69) is 41.2 Å². The highest BCUT2D eigenvalue weighted by molar-refractivity contribution is 9.10. The zero-order chi connectivity index (χ0) is 15.6. The number of rotatable bonds is 3. The molecule has 0 bridgehead atoms. The van der Waals surface area contributed by atoms with Crippen molar-refractivity contribution in [2.75, 3.05) is 11.9 Å². The summed E-state index contributed by atoms with van der Waals surface area (Å²) >= 11 is 2.95. The van der Waals surface area contributed by atoms with Crippen LogP contribution in [0.25, 0.3) is 0 Å². The molecule has 0 saturated heterocycles. The van der Waals surface area contributed by atoms with E-state index in [-0.39, 0.29) is 4.47 Å². The van der Waals surface area contributed by atoms with E-state index in [9.17, 15) is 13.2 Å². The monoisotopic (exact) mass is 361 g/mol. The third kappa shape index (κ3) is 4.50. The van der Waals surface area contributed by atoms with E-state index in [4.69, 9.17) is 0 Å². The second kappa shape index (κ2) is 6.42. The van der Waals surface area contributed by atoms with Crippen LogP contribution in [0.4, 0.5) is 18.9 Å². The summed E-state index contributed by atoms with van der Waals surface area (Å²) < 4.78 is 38.7. The molecule has 1 aliphatic carbocycles. The largest absolute Gasteiger partial charge is 0.417 e. The predicted octanol–water partition coefficient (Wildman–Crippen LogP) is 5.87. The molecule has 0 aliphatic heterocycles. The van der Waals surface area contributed by atoms with Crippen molar-refractivity contribution in [2.45, 2.75) is 32.9 Å². The van der Waals surface area contributed by atoms with Crippen molar-refractivity contribution in [2.24, 2.45) is 11.8 Å². The first-order valence-electron chi connectivity index (χ1n) is 7.03. The molecule has 116 valence electrons. The second-order valence-electron chi connectivity index (χ2n) is 5.87. The van der Waals surface area contributed by atoms with Crippen molar-refractivity contribution in [1.29, 1.82) is 0 Å². The van der Waals surface area contributed by atoms with Gasteiger partial charge in [-0.05, 0) is 49.8 Å². The van der Waals surface area contributed by atoms with E-state index < -0.39 is 11.7 Å². The van der Waals surface area contributed by atoms with Gasteiger partial charge in [0.2, 0.25) is 0 Å². The normalized spacial score (nSPS) is 22.9. The smallest absolute Gasteiger partial charge is 0.385 e. The molecule has 1 aromatic rings. The van der Waals surface area contributed by atoms with E-state index in [1.54, 1.807) is 6.07 Å². The first-order chi connectivity index (χ1) is 9.75. The predicted molar refractivity (Wildman–Crippen MR) is 83.3 cm³/mol. The molecule has 2 atom stereocenters. The Hall–Kier alpha value is -0.970. The van der Waals surface area contributed by atoms with Crippen LogP contribution >= 0.6 is 15.9 Å². The summed E-state index contributed by atoms with van der Waals surface area (Å²) in [6.07, 6.45) is 0.0279. The number of alkyl halides is 3. The van der Waals surface area contributed by atoms with Crippen LogP contribution in [-0.4, -0.2) is 6.54 Å². The van der Waals surface area contributed by atoms with E-state index in [1.165, 1.54) is 17.7 Å². The molecular formula is C16H19BrF3N. The molecule has 0 spiro atoms. The maximum atomic E-state index is 12.9. The van der Waals surface area contributed by atoms with Crippen molar-refractivity contribution < 1.29 is 13.2 Å². The zero-order valence-corrected chi connectivity index (χ0v) is 13.7. The number of allylic oxidation sites excluding steroid dienone is 2. The van der Waals surface area contributed by atoms with Gasteiger partial charge >= 0.3 is 6.18 Å². The fraction of sp³-hybridized carbons (Fsp3) is 0.500. The van der Waals surface area contributed by atoms with Crippen LogP contribution < -0.4 is 5.32 Å². The Kier molecular flexibility index (Phi) is 5.02. The van der Waals surface area contributed by atoms with Crippen LogP contribution in [0.3, 0.4) is 0 Å². The van der Waals surface area contributed by atoms with Crippen LogP contribution in [0.2, 0.25) is 0 Å². The van der Waals surface area contributed by atoms with Gasteiger partial charge < -0.3 is 5.32 Å². The fourth-order valence-electron chi connectivity index (χ4n) is 2.96. The van der Waals surface area contributed by atoms with Gasteiger partial charge in [-0.2, -0.15) is 13.2 Å². The summed E-state index contributed by atoms with van der Waals surface area (Å²) in [7, 11) is 0. The molecule has 0 fully saturated rings. The van der Waals surface area contributed by atoms with Gasteiger partial charge in [0.15, 0.2) is 0 Å². The first-order valence-corrected chi connectivity index (χ1v) is 7.83. The maximum Gasteiger partial charge on any atom is 0.417 e. The lowest BCUT2D eigenvalue weighted by Gasteiger charge is -2.26. The van der Waals surface area contributed by atoms with Crippen LogP contribution in [0.5, 0.6) is 0 Å². The third-order valence-corrected chi connectivity index (χ3v) is 4.44. The van der Waals surface area contributed by atoms with Gasteiger partial charge in [-0.1, -0.05) is 34.5 Å². The molecule has 21 heavy (non-hydrogen) atoms. The molecule has 1 aromatic carbocycles. The third-order valence-electron chi connectivity index (χ3n) is 3.75. The Balaban J connectivity index is 2.03. The molecule has 5 heteroatoms. The number of nitrogens with one attached hydrogen (secondary N) is 1. The first kappa shape index (κ1) is 16.4. The number of hydrogen-bond acceptors (Lipinski definition) is 1. The van der Waals surface area contributed by atoms with Crippen molar-refractivity contribution >= 4 is 21.6 Å². The van der Waals surface area contributed by atoms with Gasteiger partial charge in [-0.3, -0.25) is 0 Å². The Labute approximate surface area is 131 Å². The van der Waals surface area contributed by atoms with Gasteiger partial charge in [0, 0.05) is 16.7 Å². The molecule has 2 rings (SSSR count). The van der Waals surface area contributed by atoms with Crippen LogP contribution in [0.15, 0.2) is 34.3 Å². The molecule has 0 radical (unpaired) electrons. The van der Waals surface area contributed by atoms with Crippen molar-refractivity contribution in [3.8, 4) is 0 Å². The number of hydrogen-bond donors (Lipinski definition) is 1. The highest BCUT2D eigenvalue weighted by atomic mass is 79.9. The van der Waals surface area contributed by atoms with Crippen molar-refractivity contribution in [3.63, 3.8) is 0 Å². The molecule has 1 nitrogen and oxygen atoms in total. The van der Waals surface area contributed by atoms with E-state index >= 15 is 0 Å². The number of benzene rings is 1. The quantitative estimate of drug-likeness (QED) is 0.663. The number of anilines is 1. The van der Waals surface area contributed by atoms with Crippen LogP contribution in [0, 0.1) is 11.8 Å². The van der Waals surface area contributed by atoms with Crippen molar-refractivity contribution in [1.82, 2.24) is 0 Å². The summed E-state index contributed by atoms with van der Waals surface area (Å²) in [5.41, 5.74) is 1.25. The van der Waals surface area contributed by atoms with Crippen LogP contribution in [-0.2, 0) is 6.18 Å². The minimum Gasteiger partial charge on any atom is -0.385 e. The van der Waals surface area contributed by atoms with E-state index in [0.29, 0.717) is 24.1 Å². The Morgan fingerprint density at radius 2 is 2.05 bits per heavy atom. The zero-order valence-electron chi connectivity index (χ0n) is 12.1. The van der Waals surface area contributed by atoms with Gasteiger partial charge in [0.1, 0.15) is 0 Å². The molecule has 0 heterocycles. The molecule has 0 saturated carbocycles. The molecule has 0 amide bonds. The van der Waals surface area contributed by atoms with Gasteiger partial charge in [-0.15, -0.1) is 0 Å². The second-order valence-corrected chi connectivity index (χ2v) is 6.72. The maximum absolute atomic E-state index is 12.9. The average Bonchev–Trinajstić information content (AvgIpc) is 2.35. The lowest BCUT2D eigenvalue weighted by atomic mass is 9.84. The van der Waals surface area contributed by atoms with E-state index in [1.807, 2.05) is 0 Å². The SMILES string of the molecule is CC1=CC(C)CC(CNc2ccc(Br)c(C(F)(F)F)c2)C1. The minimum atomic E-state index is -4.34. The van der Waals surface area contributed by atoms with Gasteiger partial charge in [0.25, 0.3) is 0 Å². The summed E-state index contributed by atoms with van der Waals surface area (Å²) in [5.74, 6) is 1.02. The lowest BCUT2D eigenvalue weighted by Crippen LogP contribution is -2.20. The number of halogens is 4. The van der Waals surface area contributed by atoms with Gasteiger partial charge in [0.05, 0.1) is 5.56 Å². The molecule has 1 N–H and O–H groups in total. The molecular weight excluding hydrogens is 343 g/mol. The lowest BCUT2D eigenvalue weighted by molar-refractivity contribution is -0.138. The topological polar surface area (TPSA) is 12.0 Å².